The Morgan fingerprint density at radius 1 is 1.32 bits per heavy atom. The topological polar surface area (TPSA) is 71.9 Å². The Morgan fingerprint density at radius 2 is 2.00 bits per heavy atom. The maximum Gasteiger partial charge on any atom is 0.328 e. The highest BCUT2D eigenvalue weighted by molar-refractivity contribution is 5.80. The van der Waals surface area contributed by atoms with Crippen molar-refractivity contribution in [2.24, 2.45) is 5.92 Å². The minimum absolute atomic E-state index is 0.0767. The highest BCUT2D eigenvalue weighted by Crippen LogP contribution is 2.24. The largest absolute Gasteiger partial charge is 0.328 e. The van der Waals surface area contributed by atoms with Crippen molar-refractivity contribution in [2.75, 3.05) is 0 Å². The third kappa shape index (κ3) is 3.22. The van der Waals surface area contributed by atoms with E-state index in [-0.39, 0.29) is 23.8 Å². The normalized spacial score (nSPS) is 16.5. The maximum absolute atomic E-state index is 12.2. The van der Waals surface area contributed by atoms with Gasteiger partial charge < -0.3 is 0 Å². The molecule has 19 heavy (non-hydrogen) atoms. The van der Waals surface area contributed by atoms with Gasteiger partial charge in [-0.2, -0.15) is 0 Å². The zero-order valence-electron chi connectivity index (χ0n) is 11.3. The summed E-state index contributed by atoms with van der Waals surface area (Å²) in [6.07, 6.45) is 7.31. The molecule has 1 heterocycles. The Kier molecular flexibility index (Phi) is 4.35. The van der Waals surface area contributed by atoms with Crippen LogP contribution in [-0.2, 0) is 17.8 Å². The van der Waals surface area contributed by atoms with Crippen LogP contribution in [0.2, 0.25) is 0 Å². The second-order valence-electron chi connectivity index (χ2n) is 5.20. The number of H-pyrrole nitrogens is 1. The Bertz CT molecular complexity index is 565. The monoisotopic (exact) mass is 264 g/mol. The predicted octanol–water partition coefficient (Wildman–Crippen LogP) is 1.25. The SMILES string of the molecule is CCc1cn(CC(=O)C2CCCCC2)c(=O)[nH]c1=O. The molecule has 0 aromatic carbocycles. The molecule has 5 heteroatoms. The fourth-order valence-electron chi connectivity index (χ4n) is 2.65. The Labute approximate surface area is 111 Å². The van der Waals surface area contributed by atoms with E-state index in [1.54, 1.807) is 0 Å². The molecule has 1 aromatic heterocycles. The third-order valence-corrected chi connectivity index (χ3v) is 3.85. The summed E-state index contributed by atoms with van der Waals surface area (Å²) in [7, 11) is 0. The molecule has 1 aromatic rings. The van der Waals surface area contributed by atoms with Crippen LogP contribution >= 0.6 is 0 Å². The van der Waals surface area contributed by atoms with E-state index in [2.05, 4.69) is 4.98 Å². The number of ketones is 1. The number of hydrogen-bond acceptors (Lipinski definition) is 3. The summed E-state index contributed by atoms with van der Waals surface area (Å²) in [6.45, 7) is 1.93. The lowest BCUT2D eigenvalue weighted by molar-refractivity contribution is -0.124. The molecule has 5 nitrogen and oxygen atoms in total. The number of rotatable bonds is 4. The van der Waals surface area contributed by atoms with E-state index in [0.29, 0.717) is 12.0 Å². The molecule has 104 valence electrons. The van der Waals surface area contributed by atoms with Gasteiger partial charge in [0.25, 0.3) is 5.56 Å². The van der Waals surface area contributed by atoms with Gasteiger partial charge in [-0.1, -0.05) is 26.2 Å². The molecular weight excluding hydrogens is 244 g/mol. The van der Waals surface area contributed by atoms with Crippen LogP contribution in [0.15, 0.2) is 15.8 Å². The number of aromatic amines is 1. The maximum atomic E-state index is 12.2. The molecule has 0 aliphatic heterocycles. The number of nitrogens with zero attached hydrogens (tertiary/aromatic N) is 1. The van der Waals surface area contributed by atoms with Crippen LogP contribution in [0.25, 0.3) is 0 Å². The van der Waals surface area contributed by atoms with Crippen LogP contribution in [0.3, 0.4) is 0 Å². The van der Waals surface area contributed by atoms with Gasteiger partial charge in [-0.25, -0.2) is 4.79 Å². The van der Waals surface area contributed by atoms with Crippen LogP contribution in [0.4, 0.5) is 0 Å². The van der Waals surface area contributed by atoms with Gasteiger partial charge in [0.1, 0.15) is 0 Å². The molecule has 0 spiro atoms. The van der Waals surface area contributed by atoms with Crippen molar-refractivity contribution >= 4 is 5.78 Å². The molecule has 1 aliphatic rings. The molecular formula is C14H20N2O3. The van der Waals surface area contributed by atoms with Gasteiger partial charge in [-0.3, -0.25) is 19.1 Å². The number of carbonyl (C=O) groups excluding carboxylic acids is 1. The summed E-state index contributed by atoms with van der Waals surface area (Å²) < 4.78 is 1.33. The molecule has 0 saturated heterocycles. The standard InChI is InChI=1S/C14H20N2O3/c1-2-10-8-16(14(19)15-13(10)18)9-12(17)11-6-4-3-5-7-11/h8,11H,2-7,9H2,1H3,(H,15,18,19). The molecule has 0 bridgehead atoms. The van der Waals surface area contributed by atoms with Crippen molar-refractivity contribution in [1.29, 1.82) is 0 Å². The highest BCUT2D eigenvalue weighted by atomic mass is 16.2. The van der Waals surface area contributed by atoms with Crippen LogP contribution in [0.5, 0.6) is 0 Å². The van der Waals surface area contributed by atoms with Crippen molar-refractivity contribution in [3.63, 3.8) is 0 Å². The Balaban J connectivity index is 2.16. The van der Waals surface area contributed by atoms with E-state index in [0.717, 1.165) is 25.7 Å². The number of carbonyl (C=O) groups is 1. The lowest BCUT2D eigenvalue weighted by Crippen LogP contribution is -2.35. The second-order valence-corrected chi connectivity index (χ2v) is 5.20. The lowest BCUT2D eigenvalue weighted by Gasteiger charge is -2.20. The van der Waals surface area contributed by atoms with Crippen molar-refractivity contribution < 1.29 is 4.79 Å². The fourth-order valence-corrected chi connectivity index (χ4v) is 2.65. The Morgan fingerprint density at radius 3 is 2.63 bits per heavy atom. The lowest BCUT2D eigenvalue weighted by atomic mass is 9.86. The molecule has 0 unspecified atom stereocenters. The van der Waals surface area contributed by atoms with Crippen LogP contribution in [-0.4, -0.2) is 15.3 Å². The smallest absolute Gasteiger partial charge is 0.297 e. The summed E-state index contributed by atoms with van der Waals surface area (Å²) in [5, 5.41) is 0. The molecule has 0 atom stereocenters. The zero-order valence-corrected chi connectivity index (χ0v) is 11.3. The minimum atomic E-state index is -0.494. The van der Waals surface area contributed by atoms with Gasteiger partial charge >= 0.3 is 5.69 Å². The molecule has 2 rings (SSSR count). The van der Waals surface area contributed by atoms with Gasteiger partial charge in [-0.05, 0) is 19.3 Å². The molecule has 1 fully saturated rings. The number of hydrogen-bond donors (Lipinski definition) is 1. The molecule has 1 N–H and O–H groups in total. The van der Waals surface area contributed by atoms with Gasteiger partial charge in [0.05, 0.1) is 6.54 Å². The average molecular weight is 264 g/mol. The molecule has 1 aliphatic carbocycles. The van der Waals surface area contributed by atoms with E-state index < -0.39 is 5.69 Å². The van der Waals surface area contributed by atoms with Crippen LogP contribution < -0.4 is 11.2 Å². The van der Waals surface area contributed by atoms with Gasteiger partial charge in [0.15, 0.2) is 5.78 Å². The molecule has 0 amide bonds. The van der Waals surface area contributed by atoms with Gasteiger partial charge in [0.2, 0.25) is 0 Å². The van der Waals surface area contributed by atoms with E-state index in [1.165, 1.54) is 17.2 Å². The number of aromatic nitrogens is 2. The van der Waals surface area contributed by atoms with Crippen molar-refractivity contribution in [1.82, 2.24) is 9.55 Å². The fraction of sp³-hybridized carbons (Fsp3) is 0.643. The van der Waals surface area contributed by atoms with E-state index >= 15 is 0 Å². The first-order valence-electron chi connectivity index (χ1n) is 6.97. The van der Waals surface area contributed by atoms with E-state index in [4.69, 9.17) is 0 Å². The average Bonchev–Trinajstić information content (AvgIpc) is 2.42. The molecule has 0 radical (unpaired) electrons. The summed E-state index contributed by atoms with van der Waals surface area (Å²) in [5.41, 5.74) is -0.309. The van der Waals surface area contributed by atoms with Crippen molar-refractivity contribution in [3.05, 3.63) is 32.6 Å². The van der Waals surface area contributed by atoms with Gasteiger partial charge in [0, 0.05) is 17.7 Å². The van der Waals surface area contributed by atoms with Crippen LogP contribution in [0.1, 0.15) is 44.6 Å². The second kappa shape index (κ2) is 5.99. The zero-order chi connectivity index (χ0) is 13.8. The summed E-state index contributed by atoms with van der Waals surface area (Å²) in [6, 6.07) is 0. The summed E-state index contributed by atoms with van der Waals surface area (Å²) in [5.74, 6) is 0.188. The quantitative estimate of drug-likeness (QED) is 0.889. The van der Waals surface area contributed by atoms with Crippen molar-refractivity contribution in [2.45, 2.75) is 52.0 Å². The third-order valence-electron chi connectivity index (χ3n) is 3.85. The van der Waals surface area contributed by atoms with E-state index in [9.17, 15) is 14.4 Å². The summed E-state index contributed by atoms with van der Waals surface area (Å²) >= 11 is 0. The van der Waals surface area contributed by atoms with Crippen LogP contribution in [0, 0.1) is 5.92 Å². The van der Waals surface area contributed by atoms with Crippen molar-refractivity contribution in [3.8, 4) is 0 Å². The highest BCUT2D eigenvalue weighted by Gasteiger charge is 2.21. The first-order chi connectivity index (χ1) is 9.11. The number of aryl methyl sites for hydroxylation is 1. The minimum Gasteiger partial charge on any atom is -0.297 e. The first-order valence-corrected chi connectivity index (χ1v) is 6.97. The predicted molar refractivity (Wildman–Crippen MR) is 72.3 cm³/mol. The van der Waals surface area contributed by atoms with Gasteiger partial charge in [-0.15, -0.1) is 0 Å². The summed E-state index contributed by atoms with van der Waals surface area (Å²) in [4.78, 5) is 37.6. The first kappa shape index (κ1) is 13.8. The Hall–Kier alpha value is -1.65. The number of Topliss-reactive ketones (excluding diaryl/α,β-unsaturated/α-hetero) is 1. The number of nitrogens with one attached hydrogen (secondary N) is 1. The molecule has 1 saturated carbocycles. The van der Waals surface area contributed by atoms with E-state index in [1.807, 2.05) is 6.92 Å².